The first-order valence-corrected chi connectivity index (χ1v) is 32.2. The first kappa shape index (κ1) is 73.4. The van der Waals surface area contributed by atoms with Gasteiger partial charge >= 0.3 is 17.9 Å². The number of fused-ring (bicyclic) bond motifs is 4. The van der Waals surface area contributed by atoms with E-state index in [2.05, 4.69) is 10.6 Å². The maximum absolute atomic E-state index is 15.1. The van der Waals surface area contributed by atoms with Crippen molar-refractivity contribution in [2.75, 3.05) is 66.9 Å². The highest BCUT2D eigenvalue weighted by atomic mass is 16.6. The summed E-state index contributed by atoms with van der Waals surface area (Å²) in [5.74, 6) is -6.69. The Kier molecular flexibility index (Phi) is 26.7. The number of amides is 7. The van der Waals surface area contributed by atoms with Crippen molar-refractivity contribution in [3.8, 4) is 11.5 Å². The molecule has 23 heteroatoms. The zero-order valence-corrected chi connectivity index (χ0v) is 56.1. The van der Waals surface area contributed by atoms with E-state index < -0.39 is 126 Å². The van der Waals surface area contributed by atoms with Gasteiger partial charge in [-0.15, -0.1) is 0 Å². The Morgan fingerprint density at radius 3 is 2.03 bits per heavy atom. The summed E-state index contributed by atoms with van der Waals surface area (Å²) in [6.07, 6.45) is 4.83. The number of nitrogens with zero attached hydrogens (tertiary/aromatic N) is 5. The SMILES string of the molecule is COc1ccc(CC[C@H]2OC(=O)[C@@H]3CCCCN3C(=O)C(=O)C(C)(C)COC(=O)/C=C/CCCCN(C)C(=O)[C@H](CC(C)C)N(C)C(=O)[C@H]3CCCN3C(=O)[C@H](CC(=O)OC(C)(C)C)N(C)C(=O)C(c3ccccc3)NC(=O)CCC(=O)Nc3cccc2c3)cc1OC. The highest BCUT2D eigenvalue weighted by Crippen LogP contribution is 2.34. The second kappa shape index (κ2) is 33.8. The van der Waals surface area contributed by atoms with Crippen molar-refractivity contribution in [1.82, 2.24) is 29.8 Å². The van der Waals surface area contributed by atoms with Gasteiger partial charge in [0.25, 0.3) is 5.91 Å². The van der Waals surface area contributed by atoms with E-state index in [-0.39, 0.29) is 50.6 Å². The fraction of sp³-hybridized carbons (Fsp3) is 0.557. The predicted molar refractivity (Wildman–Crippen MR) is 346 cm³/mol. The summed E-state index contributed by atoms with van der Waals surface area (Å²) in [6.45, 7) is 11.9. The topological polar surface area (TPSA) is 274 Å². The molecule has 0 saturated carbocycles. The number of ether oxygens (including phenoxy) is 5. The summed E-state index contributed by atoms with van der Waals surface area (Å²) in [5.41, 5.74) is -0.543. The van der Waals surface area contributed by atoms with Gasteiger partial charge in [0.15, 0.2) is 11.5 Å². The number of anilines is 1. The van der Waals surface area contributed by atoms with Crippen LogP contribution in [0.3, 0.4) is 0 Å². The van der Waals surface area contributed by atoms with Gasteiger partial charge in [0.05, 0.1) is 26.1 Å². The van der Waals surface area contributed by atoms with Crippen molar-refractivity contribution in [1.29, 1.82) is 0 Å². The van der Waals surface area contributed by atoms with E-state index in [1.165, 1.54) is 62.9 Å². The normalized spacial score (nSPS) is 23.4. The molecule has 23 nitrogen and oxygen atoms in total. The molecule has 2 bridgehead atoms. The molecule has 6 rings (SSSR count). The molecule has 2 fully saturated rings. The van der Waals surface area contributed by atoms with Gasteiger partial charge < -0.3 is 58.8 Å². The summed E-state index contributed by atoms with van der Waals surface area (Å²) in [5, 5.41) is 5.59. The van der Waals surface area contributed by atoms with Gasteiger partial charge in [0, 0.05) is 65.4 Å². The molecule has 1 unspecified atom stereocenters. The van der Waals surface area contributed by atoms with Gasteiger partial charge in [-0.25, -0.2) is 9.59 Å². The lowest BCUT2D eigenvalue weighted by Gasteiger charge is -2.37. The maximum atomic E-state index is 15.1. The Hall–Kier alpha value is -8.63. The average Bonchev–Trinajstić information content (AvgIpc) is 1.96. The molecule has 2 saturated heterocycles. The van der Waals surface area contributed by atoms with Crippen LogP contribution >= 0.6 is 0 Å². The van der Waals surface area contributed by atoms with Crippen LogP contribution < -0.4 is 20.1 Å². The molecule has 3 aliphatic heterocycles. The maximum Gasteiger partial charge on any atom is 0.330 e. The second-order valence-corrected chi connectivity index (χ2v) is 26.3. The van der Waals surface area contributed by atoms with Gasteiger partial charge in [0.2, 0.25) is 41.2 Å². The van der Waals surface area contributed by atoms with E-state index in [1.807, 2.05) is 19.9 Å². The Bertz CT molecular complexity index is 3200. The predicted octanol–water partition coefficient (Wildman–Crippen LogP) is 7.64. The van der Waals surface area contributed by atoms with Gasteiger partial charge in [-0.3, -0.25) is 43.2 Å². The number of rotatable bonds is 10. The number of methoxy groups -OCH3 is 2. The number of aryl methyl sites for hydroxylation is 1. The minimum atomic E-state index is -1.53. The molecule has 0 radical (unpaired) electrons. The summed E-state index contributed by atoms with van der Waals surface area (Å²) < 4.78 is 28.5. The summed E-state index contributed by atoms with van der Waals surface area (Å²) >= 11 is 0. The number of Topliss-reactive ketones (excluding diaryl/α,β-unsaturated/α-hetero) is 1. The fourth-order valence-electron chi connectivity index (χ4n) is 11.7. The Balaban J connectivity index is 1.33. The molecule has 0 aliphatic carbocycles. The van der Waals surface area contributed by atoms with Crippen LogP contribution in [0.2, 0.25) is 0 Å². The average molecular weight is 1290 g/mol. The van der Waals surface area contributed by atoms with E-state index in [0.29, 0.717) is 86.2 Å². The number of carbonyl (C=O) groups is 11. The van der Waals surface area contributed by atoms with Gasteiger partial charge in [-0.05, 0) is 152 Å². The molecule has 6 atom stereocenters. The molecule has 3 aromatic rings. The van der Waals surface area contributed by atoms with Crippen LogP contribution in [0.1, 0.15) is 161 Å². The smallest absolute Gasteiger partial charge is 0.330 e. The van der Waals surface area contributed by atoms with Crippen molar-refractivity contribution in [2.45, 2.75) is 180 Å². The lowest BCUT2D eigenvalue weighted by molar-refractivity contribution is -0.165. The number of ketones is 1. The number of nitrogens with one attached hydrogen (secondary N) is 2. The molecule has 3 aromatic carbocycles. The molecule has 3 aliphatic rings. The summed E-state index contributed by atoms with van der Waals surface area (Å²) in [6, 6.07) is 14.2. The molecule has 2 N–H and O–H groups in total. The number of carbonyl (C=O) groups excluding carboxylic acids is 11. The summed E-state index contributed by atoms with van der Waals surface area (Å²) in [4.78, 5) is 163. The van der Waals surface area contributed by atoms with Crippen molar-refractivity contribution in [3.05, 3.63) is 102 Å². The highest BCUT2D eigenvalue weighted by Gasteiger charge is 2.46. The second-order valence-electron chi connectivity index (χ2n) is 26.3. The summed E-state index contributed by atoms with van der Waals surface area (Å²) in [7, 11) is 7.55. The number of likely N-dealkylation sites (N-methyl/N-ethyl adjacent to an activating group) is 3. The lowest BCUT2D eigenvalue weighted by Crippen LogP contribution is -2.58. The molecule has 7 amide bonds. The Morgan fingerprint density at radius 2 is 1.34 bits per heavy atom. The lowest BCUT2D eigenvalue weighted by atomic mass is 9.87. The van der Waals surface area contributed by atoms with E-state index in [4.69, 9.17) is 23.7 Å². The molecule has 93 heavy (non-hydrogen) atoms. The van der Waals surface area contributed by atoms with Crippen LogP contribution in [0.5, 0.6) is 11.5 Å². The van der Waals surface area contributed by atoms with Crippen LogP contribution in [0, 0.1) is 11.3 Å². The third-order valence-electron chi connectivity index (χ3n) is 16.9. The molecule has 0 aromatic heterocycles. The standard InChI is InChI=1S/C70H95N7O16/c1-45(2)40-52-63(83)73(8)37-20-14-13-18-30-59(80)91-44-70(6,7)62(82)67(87)77-38-21-19-28-51(77)68(88)92-54(33-31-46-32-34-55(89-11)56(41-46)90-12)48-26-22-27-49(42-48)71-57(78)35-36-58(79)72-61(47-24-16-15-17-25-47)66(86)75(10)53(43-60(81)93-69(3,4)5)65(85)76-39-23-29-50(76)64(84)74(52)9/h15-18,22,24-27,30,32,34,41-42,45,50-54,61H,13-14,19-21,23,28-29,31,33,35-40,43-44H2,1-12H3,(H,71,78)(H,72,79)/b30-18+/t50-,51+,52+,53+,54-,61?/m1/s1. The Morgan fingerprint density at radius 1 is 0.688 bits per heavy atom. The number of cyclic esters (lactones) is 2. The minimum Gasteiger partial charge on any atom is -0.493 e. The van der Waals surface area contributed by atoms with Gasteiger partial charge in [-0.1, -0.05) is 68.5 Å². The van der Waals surface area contributed by atoms with E-state index in [0.717, 1.165) is 10.5 Å². The monoisotopic (exact) mass is 1290 g/mol. The molecule has 3 heterocycles. The number of piperidine rings is 1. The Labute approximate surface area is 546 Å². The van der Waals surface area contributed by atoms with E-state index in [1.54, 1.807) is 106 Å². The van der Waals surface area contributed by atoms with E-state index in [9.17, 15) is 43.2 Å². The van der Waals surface area contributed by atoms with Gasteiger partial charge in [0.1, 0.15) is 48.5 Å². The number of hydrogen-bond donors (Lipinski definition) is 2. The van der Waals surface area contributed by atoms with Crippen LogP contribution in [0.4, 0.5) is 5.69 Å². The quantitative estimate of drug-likeness (QED) is 0.112. The van der Waals surface area contributed by atoms with Crippen molar-refractivity contribution in [3.63, 3.8) is 0 Å². The first-order valence-electron chi connectivity index (χ1n) is 32.2. The third kappa shape index (κ3) is 20.7. The number of allylic oxidation sites excluding steroid dienone is 1. The van der Waals surface area contributed by atoms with Crippen LogP contribution in [0.15, 0.2) is 84.9 Å². The number of esters is 3. The first-order chi connectivity index (χ1) is 44.0. The fourth-order valence-corrected chi connectivity index (χ4v) is 11.7. The molecular formula is C70H95N7O16. The molecular weight excluding hydrogens is 1190 g/mol. The van der Waals surface area contributed by atoms with Crippen molar-refractivity contribution < 1.29 is 76.4 Å². The van der Waals surface area contributed by atoms with Crippen molar-refractivity contribution >= 4 is 70.7 Å². The van der Waals surface area contributed by atoms with E-state index >= 15 is 9.59 Å². The van der Waals surface area contributed by atoms with Gasteiger partial charge in [-0.2, -0.15) is 0 Å². The third-order valence-corrected chi connectivity index (χ3v) is 16.9. The largest absolute Gasteiger partial charge is 0.493 e. The number of hydrogen-bond acceptors (Lipinski definition) is 16. The molecule has 506 valence electrons. The van der Waals surface area contributed by atoms with Crippen LogP contribution in [-0.2, 0) is 73.4 Å². The van der Waals surface area contributed by atoms with Crippen molar-refractivity contribution in [2.24, 2.45) is 11.3 Å². The minimum absolute atomic E-state index is 0.0291. The van der Waals surface area contributed by atoms with Crippen LogP contribution in [0.25, 0.3) is 0 Å². The highest BCUT2D eigenvalue weighted by molar-refractivity contribution is 6.38. The van der Waals surface area contributed by atoms with Crippen LogP contribution in [-0.4, -0.2) is 181 Å². The number of benzene rings is 3. The molecule has 0 spiro atoms. The zero-order chi connectivity index (χ0) is 68.3. The zero-order valence-electron chi connectivity index (χ0n) is 56.1.